The summed E-state index contributed by atoms with van der Waals surface area (Å²) in [5.74, 6) is -0.0394. The van der Waals surface area contributed by atoms with Crippen LogP contribution in [-0.2, 0) is 0 Å². The third kappa shape index (κ3) is 1.81. The molecule has 6 heteroatoms. The second-order valence-corrected chi connectivity index (χ2v) is 3.59. The fourth-order valence-electron chi connectivity index (χ4n) is 1.29. The number of halogens is 1. The van der Waals surface area contributed by atoms with Crippen LogP contribution in [0.4, 0.5) is 15.0 Å². The highest BCUT2D eigenvalue weighted by Crippen LogP contribution is 2.21. The summed E-state index contributed by atoms with van der Waals surface area (Å²) in [5.41, 5.74) is 0.676. The van der Waals surface area contributed by atoms with Crippen molar-refractivity contribution in [2.24, 2.45) is 0 Å². The van der Waals surface area contributed by atoms with Gasteiger partial charge in [0.25, 0.3) is 0 Å². The van der Waals surface area contributed by atoms with Gasteiger partial charge in [-0.3, -0.25) is 10.4 Å². The number of H-pyrrole nitrogens is 1. The van der Waals surface area contributed by atoms with E-state index in [2.05, 4.69) is 15.5 Å². The summed E-state index contributed by atoms with van der Waals surface area (Å²) < 4.78 is 13.0. The highest BCUT2D eigenvalue weighted by molar-refractivity contribution is 5.98. The molecule has 16 heavy (non-hydrogen) atoms. The molecule has 5 nitrogen and oxygen atoms in total. The smallest absolute Gasteiger partial charge is 0.322 e. The number of hydrogen-bond donors (Lipinski definition) is 2. The second kappa shape index (κ2) is 3.80. The SMILES string of the molecule is CN(C)C(=O)Nc1n[nH]c2ccc(F)cc12. The molecule has 0 aliphatic heterocycles. The molecule has 1 aromatic heterocycles. The van der Waals surface area contributed by atoms with Gasteiger partial charge in [0, 0.05) is 19.5 Å². The normalized spacial score (nSPS) is 10.4. The van der Waals surface area contributed by atoms with Crippen molar-refractivity contribution in [1.82, 2.24) is 15.1 Å². The van der Waals surface area contributed by atoms with E-state index in [1.54, 1.807) is 20.2 Å². The Hall–Kier alpha value is -2.11. The van der Waals surface area contributed by atoms with E-state index in [9.17, 15) is 9.18 Å². The molecule has 2 aromatic rings. The Kier molecular flexibility index (Phi) is 2.47. The van der Waals surface area contributed by atoms with Gasteiger partial charge in [-0.2, -0.15) is 5.10 Å². The van der Waals surface area contributed by atoms with Gasteiger partial charge in [0.05, 0.1) is 5.52 Å². The molecule has 84 valence electrons. The van der Waals surface area contributed by atoms with Gasteiger partial charge < -0.3 is 4.90 Å². The minimum atomic E-state index is -0.366. The monoisotopic (exact) mass is 222 g/mol. The molecular formula is C10H11FN4O. The third-order valence-corrected chi connectivity index (χ3v) is 2.16. The largest absolute Gasteiger partial charge is 0.331 e. The van der Waals surface area contributed by atoms with Gasteiger partial charge in [0.1, 0.15) is 5.82 Å². The number of amides is 2. The van der Waals surface area contributed by atoms with E-state index >= 15 is 0 Å². The first-order valence-electron chi connectivity index (χ1n) is 4.70. The fourth-order valence-corrected chi connectivity index (χ4v) is 1.29. The maximum Gasteiger partial charge on any atom is 0.322 e. The Balaban J connectivity index is 2.38. The maximum atomic E-state index is 13.0. The van der Waals surface area contributed by atoms with Crippen LogP contribution in [0.3, 0.4) is 0 Å². The van der Waals surface area contributed by atoms with Crippen LogP contribution in [0.15, 0.2) is 18.2 Å². The number of urea groups is 1. The van der Waals surface area contributed by atoms with E-state index in [1.165, 1.54) is 17.0 Å². The van der Waals surface area contributed by atoms with Crippen LogP contribution >= 0.6 is 0 Å². The summed E-state index contributed by atoms with van der Waals surface area (Å²) in [5, 5.41) is 9.74. The molecule has 2 N–H and O–H groups in total. The molecule has 0 unspecified atom stereocenters. The number of nitrogens with zero attached hydrogens (tertiary/aromatic N) is 2. The lowest BCUT2D eigenvalue weighted by atomic mass is 10.2. The zero-order chi connectivity index (χ0) is 11.7. The van der Waals surface area contributed by atoms with Crippen molar-refractivity contribution in [3.8, 4) is 0 Å². The van der Waals surface area contributed by atoms with Crippen LogP contribution in [-0.4, -0.2) is 35.2 Å². The lowest BCUT2D eigenvalue weighted by molar-refractivity contribution is 0.230. The van der Waals surface area contributed by atoms with Crippen molar-refractivity contribution in [1.29, 1.82) is 0 Å². The molecule has 2 rings (SSSR count). The number of carbonyl (C=O) groups excluding carboxylic acids is 1. The number of aromatic nitrogens is 2. The van der Waals surface area contributed by atoms with Crippen molar-refractivity contribution in [2.45, 2.75) is 0 Å². The lowest BCUT2D eigenvalue weighted by Gasteiger charge is -2.09. The van der Waals surface area contributed by atoms with E-state index < -0.39 is 0 Å². The fraction of sp³-hybridized carbons (Fsp3) is 0.200. The zero-order valence-corrected chi connectivity index (χ0v) is 8.91. The Labute approximate surface area is 91.2 Å². The Bertz CT molecular complexity index is 535. The molecular weight excluding hydrogens is 211 g/mol. The molecule has 1 aromatic carbocycles. The van der Waals surface area contributed by atoms with Crippen LogP contribution in [0.2, 0.25) is 0 Å². The first kappa shape index (κ1) is 10.4. The lowest BCUT2D eigenvalue weighted by Crippen LogP contribution is -2.27. The number of carbonyl (C=O) groups is 1. The number of nitrogens with one attached hydrogen (secondary N) is 2. The molecule has 0 aliphatic rings. The average molecular weight is 222 g/mol. The first-order valence-corrected chi connectivity index (χ1v) is 4.70. The summed E-state index contributed by atoms with van der Waals surface area (Å²) in [6, 6.07) is 3.92. The van der Waals surface area contributed by atoms with Gasteiger partial charge in [0.2, 0.25) is 0 Å². The molecule has 0 saturated carbocycles. The summed E-state index contributed by atoms with van der Waals surface area (Å²) in [7, 11) is 3.23. The van der Waals surface area contributed by atoms with Crippen LogP contribution in [0, 0.1) is 5.82 Å². The quantitative estimate of drug-likeness (QED) is 0.772. The number of rotatable bonds is 1. The van der Waals surface area contributed by atoms with E-state index in [0.29, 0.717) is 16.7 Å². The van der Waals surface area contributed by atoms with Crippen molar-refractivity contribution in [2.75, 3.05) is 19.4 Å². The first-order chi connectivity index (χ1) is 7.58. The standard InChI is InChI=1S/C10H11FN4O/c1-15(2)10(16)12-9-7-5-6(11)3-4-8(7)13-14-9/h3-5H,1-2H3,(H2,12,13,14,16). The Morgan fingerprint density at radius 1 is 1.50 bits per heavy atom. The molecule has 0 aliphatic carbocycles. The third-order valence-electron chi connectivity index (χ3n) is 2.16. The molecule has 0 saturated heterocycles. The molecule has 1 heterocycles. The molecule has 0 atom stereocenters. The average Bonchev–Trinajstić information content (AvgIpc) is 2.61. The molecule has 0 radical (unpaired) electrons. The van der Waals surface area contributed by atoms with Crippen molar-refractivity contribution >= 4 is 22.8 Å². The number of fused-ring (bicyclic) bond motifs is 1. The Morgan fingerprint density at radius 2 is 2.25 bits per heavy atom. The predicted molar refractivity (Wildman–Crippen MR) is 58.8 cm³/mol. The second-order valence-electron chi connectivity index (χ2n) is 3.59. The van der Waals surface area contributed by atoms with Gasteiger partial charge in [-0.05, 0) is 18.2 Å². The number of hydrogen-bond acceptors (Lipinski definition) is 2. The Morgan fingerprint density at radius 3 is 2.94 bits per heavy atom. The van der Waals surface area contributed by atoms with Gasteiger partial charge in [0.15, 0.2) is 5.82 Å². The number of aromatic amines is 1. The highest BCUT2D eigenvalue weighted by atomic mass is 19.1. The van der Waals surface area contributed by atoms with Gasteiger partial charge >= 0.3 is 6.03 Å². The van der Waals surface area contributed by atoms with E-state index in [1.807, 2.05) is 0 Å². The van der Waals surface area contributed by atoms with Crippen molar-refractivity contribution in [3.05, 3.63) is 24.0 Å². The van der Waals surface area contributed by atoms with E-state index in [4.69, 9.17) is 0 Å². The minimum absolute atomic E-state index is 0.308. The highest BCUT2D eigenvalue weighted by Gasteiger charge is 2.10. The maximum absolute atomic E-state index is 13.0. The van der Waals surface area contributed by atoms with E-state index in [0.717, 1.165) is 0 Å². The summed E-state index contributed by atoms with van der Waals surface area (Å²) in [4.78, 5) is 12.8. The molecule has 0 spiro atoms. The van der Waals surface area contributed by atoms with Gasteiger partial charge in [-0.15, -0.1) is 0 Å². The molecule has 0 bridgehead atoms. The molecule has 2 amide bonds. The molecule has 0 fully saturated rings. The van der Waals surface area contributed by atoms with Crippen molar-refractivity contribution in [3.63, 3.8) is 0 Å². The van der Waals surface area contributed by atoms with Crippen LogP contribution in [0.1, 0.15) is 0 Å². The van der Waals surface area contributed by atoms with Gasteiger partial charge in [-0.25, -0.2) is 9.18 Å². The summed E-state index contributed by atoms with van der Waals surface area (Å²) >= 11 is 0. The van der Waals surface area contributed by atoms with E-state index in [-0.39, 0.29) is 11.8 Å². The van der Waals surface area contributed by atoms with Crippen LogP contribution in [0.5, 0.6) is 0 Å². The van der Waals surface area contributed by atoms with Crippen LogP contribution < -0.4 is 5.32 Å². The predicted octanol–water partition coefficient (Wildman–Crippen LogP) is 1.80. The van der Waals surface area contributed by atoms with Gasteiger partial charge in [-0.1, -0.05) is 0 Å². The number of anilines is 1. The topological polar surface area (TPSA) is 61.0 Å². The summed E-state index contributed by atoms with van der Waals surface area (Å²) in [6.07, 6.45) is 0. The number of benzene rings is 1. The summed E-state index contributed by atoms with van der Waals surface area (Å²) in [6.45, 7) is 0. The minimum Gasteiger partial charge on any atom is -0.331 e. The van der Waals surface area contributed by atoms with Crippen molar-refractivity contribution < 1.29 is 9.18 Å². The van der Waals surface area contributed by atoms with Crippen LogP contribution in [0.25, 0.3) is 10.9 Å². The zero-order valence-electron chi connectivity index (χ0n) is 8.91.